The molecule has 1 aromatic carbocycles. The Kier molecular flexibility index (Phi) is 5.64. The van der Waals surface area contributed by atoms with Crippen molar-refractivity contribution in [1.82, 2.24) is 10.3 Å². The maximum absolute atomic E-state index is 11.9. The van der Waals surface area contributed by atoms with Crippen LogP contribution in [0.5, 0.6) is 0 Å². The van der Waals surface area contributed by atoms with Crippen molar-refractivity contribution in [3.8, 4) is 0 Å². The molecule has 0 saturated carbocycles. The van der Waals surface area contributed by atoms with E-state index in [2.05, 4.69) is 39.5 Å². The van der Waals surface area contributed by atoms with Crippen molar-refractivity contribution in [2.75, 3.05) is 18.0 Å². The smallest absolute Gasteiger partial charge is 0.244 e. The molecule has 0 radical (unpaired) electrons. The van der Waals surface area contributed by atoms with Crippen LogP contribution in [0, 0.1) is 6.92 Å². The van der Waals surface area contributed by atoms with Gasteiger partial charge in [0.1, 0.15) is 0 Å². The largest absolute Gasteiger partial charge is 0.372 e. The highest BCUT2D eigenvalue weighted by Crippen LogP contribution is 2.20. The topological polar surface area (TPSA) is 45.2 Å². The second-order valence-corrected chi connectivity index (χ2v) is 7.12. The molecule has 1 aliphatic heterocycles. The maximum Gasteiger partial charge on any atom is 0.244 e. The third-order valence-electron chi connectivity index (χ3n) is 4.17. The Hall–Kier alpha value is -2.14. The molecule has 0 bridgehead atoms. The predicted molar refractivity (Wildman–Crippen MR) is 100 cm³/mol. The highest BCUT2D eigenvalue weighted by atomic mass is 32.1. The third-order valence-corrected chi connectivity index (χ3v) is 4.96. The lowest BCUT2D eigenvalue weighted by Crippen LogP contribution is -2.29. The first-order valence-electron chi connectivity index (χ1n) is 8.43. The molecule has 1 saturated heterocycles. The van der Waals surface area contributed by atoms with Crippen molar-refractivity contribution in [2.45, 2.75) is 32.7 Å². The zero-order valence-electron chi connectivity index (χ0n) is 14.0. The molecule has 1 fully saturated rings. The minimum absolute atomic E-state index is 0.0965. The second-order valence-electron chi connectivity index (χ2n) is 6.06. The number of carbonyl (C=O) groups excluding carboxylic acids is 1. The summed E-state index contributed by atoms with van der Waals surface area (Å²) in [6.07, 6.45) is 7.19. The van der Waals surface area contributed by atoms with Crippen molar-refractivity contribution in [3.63, 3.8) is 0 Å². The summed E-state index contributed by atoms with van der Waals surface area (Å²) in [4.78, 5) is 18.6. The minimum Gasteiger partial charge on any atom is -0.372 e. The summed E-state index contributed by atoms with van der Waals surface area (Å²) in [5.74, 6) is -0.0965. The minimum atomic E-state index is -0.0965. The number of benzene rings is 1. The van der Waals surface area contributed by atoms with Crippen LogP contribution in [-0.2, 0) is 11.3 Å². The van der Waals surface area contributed by atoms with Gasteiger partial charge in [-0.3, -0.25) is 4.79 Å². The number of aromatic nitrogens is 1. The molecule has 0 atom stereocenters. The van der Waals surface area contributed by atoms with Gasteiger partial charge in [-0.1, -0.05) is 12.1 Å². The Morgan fingerprint density at radius 3 is 2.67 bits per heavy atom. The Bertz CT molecular complexity index is 700. The molecule has 5 heteroatoms. The van der Waals surface area contributed by atoms with Gasteiger partial charge in [-0.15, -0.1) is 11.3 Å². The summed E-state index contributed by atoms with van der Waals surface area (Å²) in [5.41, 5.74) is 3.23. The molecule has 0 aliphatic carbocycles. The Morgan fingerprint density at radius 1 is 1.25 bits per heavy atom. The number of piperidine rings is 1. The van der Waals surface area contributed by atoms with Crippen LogP contribution in [-0.4, -0.2) is 24.0 Å². The summed E-state index contributed by atoms with van der Waals surface area (Å²) < 4.78 is 0. The van der Waals surface area contributed by atoms with Crippen LogP contribution in [0.25, 0.3) is 6.08 Å². The first kappa shape index (κ1) is 16.7. The van der Waals surface area contributed by atoms with Crippen LogP contribution in [0.4, 0.5) is 5.69 Å². The normalized spacial score (nSPS) is 15.0. The summed E-state index contributed by atoms with van der Waals surface area (Å²) in [6.45, 7) is 4.79. The van der Waals surface area contributed by atoms with Gasteiger partial charge in [-0.25, -0.2) is 4.98 Å². The number of hydrogen-bond donors (Lipinski definition) is 1. The number of hydrogen-bond acceptors (Lipinski definition) is 4. The van der Waals surface area contributed by atoms with Crippen LogP contribution >= 0.6 is 11.3 Å². The zero-order valence-corrected chi connectivity index (χ0v) is 14.8. The number of thiazole rings is 1. The van der Waals surface area contributed by atoms with Gasteiger partial charge < -0.3 is 10.2 Å². The molecule has 1 aromatic heterocycles. The van der Waals surface area contributed by atoms with Gasteiger partial charge in [-0.2, -0.15) is 0 Å². The predicted octanol–water partition coefficient (Wildman–Crippen LogP) is 3.77. The first-order valence-corrected chi connectivity index (χ1v) is 9.30. The van der Waals surface area contributed by atoms with E-state index in [1.165, 1.54) is 31.0 Å². The molecule has 2 aromatic rings. The quantitative estimate of drug-likeness (QED) is 0.842. The van der Waals surface area contributed by atoms with E-state index in [4.69, 9.17) is 0 Å². The van der Waals surface area contributed by atoms with Crippen molar-refractivity contribution >= 4 is 29.0 Å². The molecule has 2 heterocycles. The second kappa shape index (κ2) is 8.11. The number of rotatable bonds is 5. The molecule has 0 unspecified atom stereocenters. The van der Waals surface area contributed by atoms with Gasteiger partial charge in [-0.05, 0) is 50.0 Å². The van der Waals surface area contributed by atoms with E-state index in [0.717, 1.165) is 29.4 Å². The van der Waals surface area contributed by atoms with E-state index in [1.54, 1.807) is 17.4 Å². The molecule has 126 valence electrons. The zero-order chi connectivity index (χ0) is 16.8. The highest BCUT2D eigenvalue weighted by molar-refractivity contribution is 7.09. The molecular formula is C19H23N3OS. The fourth-order valence-corrected chi connectivity index (χ4v) is 3.42. The van der Waals surface area contributed by atoms with Crippen LogP contribution in [0.15, 0.2) is 35.7 Å². The molecular weight excluding hydrogens is 318 g/mol. The molecule has 1 amide bonds. The number of nitrogens with zero attached hydrogens (tertiary/aromatic N) is 2. The summed E-state index contributed by atoms with van der Waals surface area (Å²) >= 11 is 1.58. The molecule has 3 rings (SSSR count). The van der Waals surface area contributed by atoms with Crippen molar-refractivity contribution in [2.24, 2.45) is 0 Å². The number of carbonyl (C=O) groups is 1. The lowest BCUT2D eigenvalue weighted by Gasteiger charge is -2.28. The van der Waals surface area contributed by atoms with E-state index in [9.17, 15) is 4.79 Å². The van der Waals surface area contributed by atoms with Crippen molar-refractivity contribution < 1.29 is 4.79 Å². The number of nitrogens with one attached hydrogen (secondary N) is 1. The van der Waals surface area contributed by atoms with E-state index in [0.29, 0.717) is 6.54 Å². The lowest BCUT2D eigenvalue weighted by atomic mass is 10.1. The van der Waals surface area contributed by atoms with Gasteiger partial charge in [0.15, 0.2) is 0 Å². The Morgan fingerprint density at radius 2 is 2.00 bits per heavy atom. The maximum atomic E-state index is 11.9. The third kappa shape index (κ3) is 4.68. The standard InChI is InChI=1S/C19H23N3OS/c1-15-21-17(14-24-15)7-10-19(23)20-13-16-5-8-18(9-6-16)22-11-3-2-4-12-22/h5-10,14H,2-4,11-13H2,1H3,(H,20,23)/b10-7-. The van der Waals surface area contributed by atoms with E-state index in [1.807, 2.05) is 12.3 Å². The van der Waals surface area contributed by atoms with E-state index >= 15 is 0 Å². The Labute approximate surface area is 147 Å². The average Bonchev–Trinajstić information content (AvgIpc) is 3.05. The van der Waals surface area contributed by atoms with E-state index in [-0.39, 0.29) is 5.91 Å². The van der Waals surface area contributed by atoms with Gasteiger partial charge in [0, 0.05) is 36.8 Å². The van der Waals surface area contributed by atoms with Gasteiger partial charge >= 0.3 is 0 Å². The highest BCUT2D eigenvalue weighted by Gasteiger charge is 2.10. The molecule has 0 spiro atoms. The first-order chi connectivity index (χ1) is 11.7. The summed E-state index contributed by atoms with van der Waals surface area (Å²) in [5, 5.41) is 5.86. The fourth-order valence-electron chi connectivity index (χ4n) is 2.84. The molecule has 1 N–H and O–H groups in total. The van der Waals surface area contributed by atoms with Crippen molar-refractivity contribution in [3.05, 3.63) is 52.0 Å². The number of anilines is 1. The van der Waals surface area contributed by atoms with Gasteiger partial charge in [0.2, 0.25) is 5.91 Å². The molecule has 4 nitrogen and oxygen atoms in total. The van der Waals surface area contributed by atoms with Crippen molar-refractivity contribution in [1.29, 1.82) is 0 Å². The number of amides is 1. The van der Waals surface area contributed by atoms with Crippen LogP contribution in [0.3, 0.4) is 0 Å². The summed E-state index contributed by atoms with van der Waals surface area (Å²) in [7, 11) is 0. The van der Waals surface area contributed by atoms with Crippen LogP contribution in [0.2, 0.25) is 0 Å². The van der Waals surface area contributed by atoms with E-state index < -0.39 is 0 Å². The average molecular weight is 341 g/mol. The van der Waals surface area contributed by atoms with Gasteiger partial charge in [0.25, 0.3) is 0 Å². The fraction of sp³-hybridized carbons (Fsp3) is 0.368. The summed E-state index contributed by atoms with van der Waals surface area (Å²) in [6, 6.07) is 8.50. The lowest BCUT2D eigenvalue weighted by molar-refractivity contribution is -0.116. The molecule has 1 aliphatic rings. The van der Waals surface area contributed by atoms with Gasteiger partial charge in [0.05, 0.1) is 10.7 Å². The molecule has 24 heavy (non-hydrogen) atoms. The number of aryl methyl sites for hydroxylation is 1. The van der Waals surface area contributed by atoms with Crippen LogP contribution < -0.4 is 10.2 Å². The SMILES string of the molecule is Cc1nc(/C=C\C(=O)NCc2ccc(N3CCCCC3)cc2)cs1. The van der Waals surface area contributed by atoms with Crippen LogP contribution in [0.1, 0.15) is 35.5 Å². The Balaban J connectivity index is 1.49. The monoisotopic (exact) mass is 341 g/mol.